The van der Waals surface area contributed by atoms with Crippen LogP contribution >= 0.6 is 11.3 Å². The minimum atomic E-state index is -0.402. The van der Waals surface area contributed by atoms with Crippen LogP contribution in [0.3, 0.4) is 0 Å². The number of hydrogen-bond donors (Lipinski definition) is 1. The first kappa shape index (κ1) is 22.9. The minimum Gasteiger partial charge on any atom is -0.311 e. The van der Waals surface area contributed by atoms with Gasteiger partial charge in [-0.1, -0.05) is 32.1 Å². The fourth-order valence-electron chi connectivity index (χ4n) is 5.08. The number of aromatic nitrogens is 2. The molecule has 32 heavy (non-hydrogen) atoms. The van der Waals surface area contributed by atoms with Gasteiger partial charge < -0.3 is 4.57 Å². The van der Waals surface area contributed by atoms with Crippen LogP contribution < -0.4 is 10.9 Å². The first-order valence-corrected chi connectivity index (χ1v) is 12.9. The molecule has 6 nitrogen and oxygen atoms in total. The number of aryl methyl sites for hydroxylation is 1. The van der Waals surface area contributed by atoms with E-state index in [2.05, 4.69) is 10.3 Å². The molecule has 1 fully saturated rings. The lowest BCUT2D eigenvalue weighted by molar-refractivity contribution is -0.116. The Morgan fingerprint density at radius 3 is 2.56 bits per heavy atom. The fraction of sp³-hybridized carbons (Fsp3) is 0.600. The highest BCUT2D eigenvalue weighted by Crippen LogP contribution is 2.27. The van der Waals surface area contributed by atoms with Crippen LogP contribution in [0.25, 0.3) is 0 Å². The lowest BCUT2D eigenvalue weighted by atomic mass is 9.88. The molecule has 0 aromatic carbocycles. The average molecular weight is 456 g/mol. The summed E-state index contributed by atoms with van der Waals surface area (Å²) in [5.74, 6) is 0.142. The van der Waals surface area contributed by atoms with Crippen molar-refractivity contribution < 1.29 is 9.59 Å². The molecule has 2 aromatic heterocycles. The second-order valence-electron chi connectivity index (χ2n) is 9.34. The Morgan fingerprint density at radius 1 is 1.09 bits per heavy atom. The second kappa shape index (κ2) is 10.6. The second-order valence-corrected chi connectivity index (χ2v) is 10.2. The van der Waals surface area contributed by atoms with Gasteiger partial charge in [-0.25, -0.2) is 4.98 Å². The van der Waals surface area contributed by atoms with E-state index >= 15 is 0 Å². The van der Waals surface area contributed by atoms with Crippen LogP contribution in [0.1, 0.15) is 92.0 Å². The molecule has 0 radical (unpaired) electrons. The number of Topliss-reactive ketones (excluding diaryl/α,β-unsaturated/α-hetero) is 1. The van der Waals surface area contributed by atoms with Crippen LogP contribution in [0, 0.1) is 5.92 Å². The molecule has 2 aromatic rings. The molecule has 7 heteroatoms. The van der Waals surface area contributed by atoms with Crippen molar-refractivity contribution in [2.75, 3.05) is 5.32 Å². The number of fused-ring (bicyclic) bond motifs is 1. The molecule has 1 saturated carbocycles. The van der Waals surface area contributed by atoms with Crippen molar-refractivity contribution in [3.63, 3.8) is 0 Å². The number of ketones is 1. The lowest BCUT2D eigenvalue weighted by Crippen LogP contribution is -2.35. The third-order valence-electron chi connectivity index (χ3n) is 6.71. The number of carbonyl (C=O) groups is 2. The van der Waals surface area contributed by atoms with E-state index < -0.39 is 5.91 Å². The molecule has 0 aliphatic heterocycles. The van der Waals surface area contributed by atoms with Gasteiger partial charge in [0, 0.05) is 24.0 Å². The van der Waals surface area contributed by atoms with Gasteiger partial charge in [-0.3, -0.25) is 19.7 Å². The standard InChI is InChI=1S/C25H33N3O3S/c1-17(29)13-20-16-32-25(26-20)27-23(30)21-14-19-11-7-2-3-8-12-22(19)28(24(21)31)15-18-9-5-4-6-10-18/h14,16,18H,2-13,15H2,1H3,(H,26,27,30). The molecule has 2 aliphatic rings. The first-order chi connectivity index (χ1) is 15.5. The molecule has 0 saturated heterocycles. The van der Waals surface area contributed by atoms with Crippen molar-refractivity contribution in [1.29, 1.82) is 0 Å². The van der Waals surface area contributed by atoms with Gasteiger partial charge in [-0.05, 0) is 63.0 Å². The minimum absolute atomic E-state index is 0.0282. The maximum atomic E-state index is 13.5. The van der Waals surface area contributed by atoms with Crippen molar-refractivity contribution in [2.45, 2.75) is 90.5 Å². The summed E-state index contributed by atoms with van der Waals surface area (Å²) in [4.78, 5) is 42.3. The van der Waals surface area contributed by atoms with E-state index in [-0.39, 0.29) is 23.3 Å². The number of anilines is 1. The molecule has 0 unspecified atom stereocenters. The van der Waals surface area contributed by atoms with Crippen LogP contribution in [0.2, 0.25) is 0 Å². The van der Waals surface area contributed by atoms with Gasteiger partial charge in [-0.2, -0.15) is 0 Å². The molecule has 172 valence electrons. The predicted molar refractivity (Wildman–Crippen MR) is 128 cm³/mol. The summed E-state index contributed by atoms with van der Waals surface area (Å²) < 4.78 is 1.94. The smallest absolute Gasteiger partial charge is 0.263 e. The maximum Gasteiger partial charge on any atom is 0.263 e. The van der Waals surface area contributed by atoms with E-state index in [0.717, 1.165) is 56.3 Å². The van der Waals surface area contributed by atoms with Crippen LogP contribution in [0.4, 0.5) is 5.13 Å². The Kier molecular flexibility index (Phi) is 7.55. The fourth-order valence-corrected chi connectivity index (χ4v) is 5.79. The largest absolute Gasteiger partial charge is 0.311 e. The number of rotatable bonds is 6. The molecule has 1 N–H and O–H groups in total. The van der Waals surface area contributed by atoms with Gasteiger partial charge in [0.15, 0.2) is 5.13 Å². The molecule has 0 spiro atoms. The summed E-state index contributed by atoms with van der Waals surface area (Å²) in [7, 11) is 0. The van der Waals surface area contributed by atoms with Gasteiger partial charge >= 0.3 is 0 Å². The Hall–Kier alpha value is -2.28. The maximum absolute atomic E-state index is 13.5. The quantitative estimate of drug-likeness (QED) is 0.670. The summed E-state index contributed by atoms with van der Waals surface area (Å²) in [6.07, 6.45) is 12.7. The summed E-state index contributed by atoms with van der Waals surface area (Å²) in [5.41, 5.74) is 2.98. The Bertz CT molecular complexity index is 1030. The molecule has 0 atom stereocenters. The predicted octanol–water partition coefficient (Wildman–Crippen LogP) is 4.93. The topological polar surface area (TPSA) is 81.1 Å². The molecule has 2 heterocycles. The number of carbonyl (C=O) groups excluding carboxylic acids is 2. The van der Waals surface area contributed by atoms with E-state index in [4.69, 9.17) is 0 Å². The van der Waals surface area contributed by atoms with Crippen molar-refractivity contribution in [1.82, 2.24) is 9.55 Å². The third-order valence-corrected chi connectivity index (χ3v) is 7.52. The Morgan fingerprint density at radius 2 is 1.81 bits per heavy atom. The molecule has 1 amide bonds. The molecule has 2 aliphatic carbocycles. The van der Waals surface area contributed by atoms with Crippen LogP contribution in [-0.2, 0) is 30.6 Å². The van der Waals surface area contributed by atoms with Gasteiger partial charge in [0.1, 0.15) is 11.3 Å². The summed E-state index contributed by atoms with van der Waals surface area (Å²) >= 11 is 1.28. The molecular weight excluding hydrogens is 422 g/mol. The SMILES string of the molecule is CC(=O)Cc1csc(NC(=O)c2cc3c(n(CC4CCCCC4)c2=O)CCCCCC3)n1. The van der Waals surface area contributed by atoms with Crippen molar-refractivity contribution in [2.24, 2.45) is 5.92 Å². The third kappa shape index (κ3) is 5.55. The van der Waals surface area contributed by atoms with E-state index in [9.17, 15) is 14.4 Å². The molecular formula is C25H33N3O3S. The van der Waals surface area contributed by atoms with Crippen LogP contribution in [0.5, 0.6) is 0 Å². The number of hydrogen-bond acceptors (Lipinski definition) is 5. The number of thiazole rings is 1. The first-order valence-electron chi connectivity index (χ1n) is 12.0. The van der Waals surface area contributed by atoms with Gasteiger partial charge in [-0.15, -0.1) is 11.3 Å². The van der Waals surface area contributed by atoms with E-state index in [0.29, 0.717) is 16.7 Å². The normalized spacial score (nSPS) is 17.3. The number of pyridine rings is 1. The monoisotopic (exact) mass is 455 g/mol. The lowest BCUT2D eigenvalue weighted by Gasteiger charge is -2.26. The highest BCUT2D eigenvalue weighted by molar-refractivity contribution is 7.14. The highest BCUT2D eigenvalue weighted by atomic mass is 32.1. The summed E-state index contributed by atoms with van der Waals surface area (Å²) in [6.45, 7) is 2.24. The molecule has 4 rings (SSSR count). The average Bonchev–Trinajstić information content (AvgIpc) is 3.17. The van der Waals surface area contributed by atoms with Crippen LogP contribution in [0.15, 0.2) is 16.2 Å². The van der Waals surface area contributed by atoms with E-state index in [1.807, 2.05) is 10.6 Å². The van der Waals surface area contributed by atoms with Crippen molar-refractivity contribution in [3.8, 4) is 0 Å². The highest BCUT2D eigenvalue weighted by Gasteiger charge is 2.23. The number of amides is 1. The summed E-state index contributed by atoms with van der Waals surface area (Å²) in [5, 5.41) is 5.01. The zero-order chi connectivity index (χ0) is 22.5. The van der Waals surface area contributed by atoms with E-state index in [1.165, 1.54) is 50.4 Å². The number of nitrogens with one attached hydrogen (secondary N) is 1. The zero-order valence-electron chi connectivity index (χ0n) is 19.0. The van der Waals surface area contributed by atoms with Crippen LogP contribution in [-0.4, -0.2) is 21.2 Å². The summed E-state index contributed by atoms with van der Waals surface area (Å²) in [6, 6.07) is 1.83. The Labute approximate surface area is 193 Å². The van der Waals surface area contributed by atoms with E-state index in [1.54, 1.807) is 5.38 Å². The number of nitrogens with zero attached hydrogens (tertiary/aromatic N) is 2. The van der Waals surface area contributed by atoms with Crippen molar-refractivity contribution in [3.05, 3.63) is 44.3 Å². The van der Waals surface area contributed by atoms with Gasteiger partial charge in [0.05, 0.1) is 5.69 Å². The Balaban J connectivity index is 1.64. The van der Waals surface area contributed by atoms with Gasteiger partial charge in [0.25, 0.3) is 11.5 Å². The van der Waals surface area contributed by atoms with Crippen molar-refractivity contribution >= 4 is 28.2 Å². The van der Waals surface area contributed by atoms with Gasteiger partial charge in [0.2, 0.25) is 0 Å². The molecule has 0 bridgehead atoms. The zero-order valence-corrected chi connectivity index (χ0v) is 19.8.